The number of rotatable bonds is 9. The summed E-state index contributed by atoms with van der Waals surface area (Å²) in [5.41, 5.74) is 2.45. The molecule has 1 saturated heterocycles. The SMILES string of the molecule is COc1ccc(C(c2ccc(OCC(O)CN3CCCCC3)cc2)c2cccs2)cc1. The summed E-state index contributed by atoms with van der Waals surface area (Å²) in [6, 6.07) is 20.8. The number of hydrogen-bond acceptors (Lipinski definition) is 5. The number of piperidine rings is 1. The molecule has 164 valence electrons. The molecule has 0 saturated carbocycles. The van der Waals surface area contributed by atoms with Crippen LogP contribution in [0.1, 0.15) is 41.2 Å². The molecule has 1 aliphatic heterocycles. The van der Waals surface area contributed by atoms with E-state index in [0.717, 1.165) is 24.6 Å². The third kappa shape index (κ3) is 5.88. The van der Waals surface area contributed by atoms with Crippen LogP contribution in [0.4, 0.5) is 0 Å². The van der Waals surface area contributed by atoms with E-state index in [0.29, 0.717) is 13.2 Å². The number of thiophene rings is 1. The summed E-state index contributed by atoms with van der Waals surface area (Å²) in [4.78, 5) is 3.64. The highest BCUT2D eigenvalue weighted by molar-refractivity contribution is 7.10. The van der Waals surface area contributed by atoms with E-state index in [1.165, 1.54) is 35.3 Å². The number of benzene rings is 2. The van der Waals surface area contributed by atoms with Crippen molar-refractivity contribution in [1.82, 2.24) is 4.90 Å². The molecule has 31 heavy (non-hydrogen) atoms. The highest BCUT2D eigenvalue weighted by Gasteiger charge is 2.19. The van der Waals surface area contributed by atoms with Gasteiger partial charge in [-0.05, 0) is 72.8 Å². The Morgan fingerprint density at radius 1 is 0.903 bits per heavy atom. The minimum Gasteiger partial charge on any atom is -0.497 e. The second kappa shape index (κ2) is 10.8. The van der Waals surface area contributed by atoms with Crippen molar-refractivity contribution in [3.05, 3.63) is 82.0 Å². The number of nitrogens with zero attached hydrogens (tertiary/aromatic N) is 1. The second-order valence-corrected chi connectivity index (χ2v) is 9.10. The molecule has 4 nitrogen and oxygen atoms in total. The van der Waals surface area contributed by atoms with Gasteiger partial charge < -0.3 is 19.5 Å². The minimum absolute atomic E-state index is 0.171. The van der Waals surface area contributed by atoms with E-state index >= 15 is 0 Å². The number of aliphatic hydroxyl groups excluding tert-OH is 1. The van der Waals surface area contributed by atoms with Crippen molar-refractivity contribution >= 4 is 11.3 Å². The predicted molar refractivity (Wildman–Crippen MR) is 126 cm³/mol. The van der Waals surface area contributed by atoms with Crippen molar-refractivity contribution in [3.8, 4) is 11.5 Å². The molecule has 0 aliphatic carbocycles. The summed E-state index contributed by atoms with van der Waals surface area (Å²) in [5, 5.41) is 12.5. The van der Waals surface area contributed by atoms with Crippen LogP contribution in [-0.4, -0.2) is 49.5 Å². The van der Waals surface area contributed by atoms with Crippen LogP contribution in [0.3, 0.4) is 0 Å². The lowest BCUT2D eigenvalue weighted by Gasteiger charge is -2.28. The third-order valence-corrected chi connectivity index (χ3v) is 6.79. The van der Waals surface area contributed by atoms with Gasteiger partial charge in [0.2, 0.25) is 0 Å². The topological polar surface area (TPSA) is 41.9 Å². The lowest BCUT2D eigenvalue weighted by molar-refractivity contribution is 0.0617. The van der Waals surface area contributed by atoms with Crippen molar-refractivity contribution < 1.29 is 14.6 Å². The largest absolute Gasteiger partial charge is 0.497 e. The summed E-state index contributed by atoms with van der Waals surface area (Å²) >= 11 is 1.77. The van der Waals surface area contributed by atoms with Crippen LogP contribution in [0.5, 0.6) is 11.5 Å². The Bertz CT molecular complexity index is 903. The number of β-amino-alcohol motifs (C(OH)–C–C–N with tert-alkyl or cyclic N) is 1. The summed E-state index contributed by atoms with van der Waals surface area (Å²) in [6.07, 6.45) is 3.30. The molecule has 1 aliphatic rings. The standard InChI is InChI=1S/C26H31NO3S/c1-29-23-11-7-20(8-12-23)26(25-6-5-17-31-25)21-9-13-24(14-10-21)30-19-22(28)18-27-15-3-2-4-16-27/h5-14,17,22,26,28H,2-4,15-16,18-19H2,1H3. The molecule has 2 aromatic carbocycles. The Morgan fingerprint density at radius 2 is 1.55 bits per heavy atom. The van der Waals surface area contributed by atoms with Crippen molar-refractivity contribution in [2.45, 2.75) is 31.3 Å². The van der Waals surface area contributed by atoms with Gasteiger partial charge in [0.15, 0.2) is 0 Å². The maximum Gasteiger partial charge on any atom is 0.119 e. The normalized spacial score (nSPS) is 16.6. The number of methoxy groups -OCH3 is 1. The Balaban J connectivity index is 1.41. The predicted octanol–water partition coefficient (Wildman–Crippen LogP) is 5.16. The quantitative estimate of drug-likeness (QED) is 0.502. The molecule has 1 aromatic heterocycles. The summed E-state index contributed by atoms with van der Waals surface area (Å²) in [7, 11) is 1.69. The van der Waals surface area contributed by atoms with E-state index < -0.39 is 6.10 Å². The first-order chi connectivity index (χ1) is 15.2. The molecule has 5 heteroatoms. The molecule has 1 N–H and O–H groups in total. The zero-order chi connectivity index (χ0) is 21.5. The van der Waals surface area contributed by atoms with Crippen molar-refractivity contribution in [1.29, 1.82) is 0 Å². The van der Waals surface area contributed by atoms with E-state index in [-0.39, 0.29) is 5.92 Å². The second-order valence-electron chi connectivity index (χ2n) is 8.12. The number of ether oxygens (including phenoxy) is 2. The summed E-state index contributed by atoms with van der Waals surface area (Å²) < 4.78 is 11.2. The van der Waals surface area contributed by atoms with Gasteiger partial charge in [0.05, 0.1) is 7.11 Å². The molecule has 2 atom stereocenters. The van der Waals surface area contributed by atoms with Gasteiger partial charge in [-0.25, -0.2) is 0 Å². The van der Waals surface area contributed by atoms with E-state index in [9.17, 15) is 5.11 Å². The van der Waals surface area contributed by atoms with E-state index in [1.54, 1.807) is 18.4 Å². The van der Waals surface area contributed by atoms with Crippen molar-refractivity contribution in [2.75, 3.05) is 33.4 Å². The van der Waals surface area contributed by atoms with Crippen molar-refractivity contribution in [2.24, 2.45) is 0 Å². The molecule has 3 aromatic rings. The fourth-order valence-corrected chi connectivity index (χ4v) is 5.09. The minimum atomic E-state index is -0.462. The Kier molecular flexibility index (Phi) is 7.62. The van der Waals surface area contributed by atoms with Crippen molar-refractivity contribution in [3.63, 3.8) is 0 Å². The number of likely N-dealkylation sites (tertiary alicyclic amines) is 1. The first-order valence-electron chi connectivity index (χ1n) is 11.0. The molecule has 2 heterocycles. The van der Waals surface area contributed by atoms with Crippen LogP contribution in [-0.2, 0) is 0 Å². The van der Waals surface area contributed by atoms with Crippen LogP contribution < -0.4 is 9.47 Å². The van der Waals surface area contributed by atoms with Gasteiger partial charge >= 0.3 is 0 Å². The van der Waals surface area contributed by atoms with Crippen LogP contribution in [0.15, 0.2) is 66.0 Å². The zero-order valence-electron chi connectivity index (χ0n) is 18.1. The molecule has 4 rings (SSSR count). The average Bonchev–Trinajstić information content (AvgIpc) is 3.34. The summed E-state index contributed by atoms with van der Waals surface area (Å²) in [6.45, 7) is 3.18. The molecular formula is C26H31NO3S. The fourth-order valence-electron chi connectivity index (χ4n) is 4.21. The highest BCUT2D eigenvalue weighted by atomic mass is 32.1. The monoisotopic (exact) mass is 437 g/mol. The van der Waals surface area contributed by atoms with E-state index in [4.69, 9.17) is 9.47 Å². The third-order valence-electron chi connectivity index (χ3n) is 5.85. The molecular weight excluding hydrogens is 406 g/mol. The van der Waals surface area contributed by atoms with Gasteiger partial charge in [0, 0.05) is 17.3 Å². The van der Waals surface area contributed by atoms with Gasteiger partial charge in [-0.1, -0.05) is 36.8 Å². The molecule has 1 fully saturated rings. The highest BCUT2D eigenvalue weighted by Crippen LogP contribution is 2.36. The van der Waals surface area contributed by atoms with Crippen LogP contribution >= 0.6 is 11.3 Å². The van der Waals surface area contributed by atoms with Crippen LogP contribution in [0.2, 0.25) is 0 Å². The van der Waals surface area contributed by atoms with E-state index in [2.05, 4.69) is 46.7 Å². The van der Waals surface area contributed by atoms with Gasteiger partial charge in [0.25, 0.3) is 0 Å². The van der Waals surface area contributed by atoms with Gasteiger partial charge in [0.1, 0.15) is 24.2 Å². The molecule has 0 radical (unpaired) electrons. The summed E-state index contributed by atoms with van der Waals surface area (Å²) in [5.74, 6) is 1.83. The Morgan fingerprint density at radius 3 is 2.13 bits per heavy atom. The Labute approximate surface area is 189 Å². The number of hydrogen-bond donors (Lipinski definition) is 1. The molecule has 2 unspecified atom stereocenters. The van der Waals surface area contributed by atoms with Crippen LogP contribution in [0, 0.1) is 0 Å². The molecule has 0 amide bonds. The first kappa shape index (κ1) is 21.9. The van der Waals surface area contributed by atoms with Crippen LogP contribution in [0.25, 0.3) is 0 Å². The smallest absolute Gasteiger partial charge is 0.119 e. The van der Waals surface area contributed by atoms with Gasteiger partial charge in [-0.3, -0.25) is 0 Å². The van der Waals surface area contributed by atoms with Gasteiger partial charge in [-0.2, -0.15) is 0 Å². The zero-order valence-corrected chi connectivity index (χ0v) is 18.9. The average molecular weight is 438 g/mol. The van der Waals surface area contributed by atoms with E-state index in [1.807, 2.05) is 24.3 Å². The lowest BCUT2D eigenvalue weighted by Crippen LogP contribution is -2.38. The lowest BCUT2D eigenvalue weighted by atomic mass is 9.90. The number of aliphatic hydroxyl groups is 1. The van der Waals surface area contributed by atoms with Gasteiger partial charge in [-0.15, -0.1) is 11.3 Å². The maximum atomic E-state index is 10.3. The Hall–Kier alpha value is -2.34. The molecule has 0 spiro atoms. The fraction of sp³-hybridized carbons (Fsp3) is 0.385. The molecule has 0 bridgehead atoms. The maximum absolute atomic E-state index is 10.3. The first-order valence-corrected chi connectivity index (χ1v) is 11.9.